The monoisotopic (exact) mass is 306 g/mol. The van der Waals surface area contributed by atoms with E-state index in [0.29, 0.717) is 0 Å². The molecule has 3 N–H and O–H groups in total. The van der Waals surface area contributed by atoms with E-state index in [2.05, 4.69) is 0 Å². The topological polar surface area (TPSA) is 60.7 Å². The molecule has 0 saturated carbocycles. The molecular weight excluding hydrogens is 288 g/mol. The van der Waals surface area contributed by atoms with E-state index in [0.717, 1.165) is 22.3 Å². The van der Waals surface area contributed by atoms with Crippen LogP contribution in [0.1, 0.15) is 28.2 Å². The molecule has 0 aromatic heterocycles. The van der Waals surface area contributed by atoms with Gasteiger partial charge in [-0.1, -0.05) is 36.4 Å². The highest BCUT2D eigenvalue weighted by Crippen LogP contribution is 2.35. The lowest BCUT2D eigenvalue weighted by atomic mass is 9.84. The van der Waals surface area contributed by atoms with Crippen LogP contribution in [0.15, 0.2) is 66.7 Å². The smallest absolute Gasteiger partial charge is 0.118 e. The molecule has 0 aliphatic carbocycles. The molecule has 116 valence electrons. The van der Waals surface area contributed by atoms with Gasteiger partial charge in [-0.05, 0) is 59.5 Å². The van der Waals surface area contributed by atoms with Crippen LogP contribution in [0.5, 0.6) is 17.2 Å². The quantitative estimate of drug-likeness (QED) is 0.633. The van der Waals surface area contributed by atoms with Crippen molar-refractivity contribution < 1.29 is 15.3 Å². The lowest BCUT2D eigenvalue weighted by Crippen LogP contribution is -2.03. The average Bonchev–Trinajstić information content (AvgIpc) is 2.55. The van der Waals surface area contributed by atoms with Gasteiger partial charge in [0.15, 0.2) is 0 Å². The standard InChI is InChI=1S/C20H18O3/c1-13-12-16(6-11-19(13)23)20(14-2-7-17(21)8-3-14)15-4-9-18(22)10-5-15/h2-12,20-23H,1H3. The summed E-state index contributed by atoms with van der Waals surface area (Å²) >= 11 is 0. The molecule has 0 aliphatic rings. The Morgan fingerprint density at radius 1 is 0.609 bits per heavy atom. The molecule has 0 spiro atoms. The first kappa shape index (κ1) is 15.0. The number of phenols is 3. The molecule has 0 unspecified atom stereocenters. The van der Waals surface area contributed by atoms with E-state index < -0.39 is 0 Å². The zero-order chi connectivity index (χ0) is 16.4. The molecule has 0 bridgehead atoms. The Bertz CT molecular complexity index is 760. The largest absolute Gasteiger partial charge is 0.508 e. The van der Waals surface area contributed by atoms with E-state index in [1.54, 1.807) is 30.3 Å². The summed E-state index contributed by atoms with van der Waals surface area (Å²) in [5.74, 6) is 0.666. The zero-order valence-corrected chi connectivity index (χ0v) is 12.8. The third kappa shape index (κ3) is 3.14. The molecule has 3 heteroatoms. The van der Waals surface area contributed by atoms with E-state index in [4.69, 9.17) is 0 Å². The van der Waals surface area contributed by atoms with Crippen molar-refractivity contribution >= 4 is 0 Å². The van der Waals surface area contributed by atoms with Gasteiger partial charge in [-0.3, -0.25) is 0 Å². The van der Waals surface area contributed by atoms with E-state index in [1.165, 1.54) is 0 Å². The summed E-state index contributed by atoms with van der Waals surface area (Å²) in [7, 11) is 0. The van der Waals surface area contributed by atoms with Crippen LogP contribution >= 0.6 is 0 Å². The van der Waals surface area contributed by atoms with Gasteiger partial charge in [-0.2, -0.15) is 0 Å². The average molecular weight is 306 g/mol. The van der Waals surface area contributed by atoms with Gasteiger partial charge in [0.1, 0.15) is 17.2 Å². The van der Waals surface area contributed by atoms with Crippen molar-refractivity contribution in [2.45, 2.75) is 12.8 Å². The van der Waals surface area contributed by atoms with Crippen molar-refractivity contribution in [3.63, 3.8) is 0 Å². The van der Waals surface area contributed by atoms with E-state index in [1.807, 2.05) is 43.3 Å². The van der Waals surface area contributed by atoms with Crippen LogP contribution in [0.2, 0.25) is 0 Å². The van der Waals surface area contributed by atoms with Gasteiger partial charge in [-0.25, -0.2) is 0 Å². The predicted molar refractivity (Wildman–Crippen MR) is 90.0 cm³/mol. The first-order valence-corrected chi connectivity index (χ1v) is 7.42. The summed E-state index contributed by atoms with van der Waals surface area (Å²) < 4.78 is 0. The van der Waals surface area contributed by atoms with Crippen LogP contribution < -0.4 is 0 Å². The van der Waals surface area contributed by atoms with Crippen molar-refractivity contribution in [3.8, 4) is 17.2 Å². The third-order valence-electron chi connectivity index (χ3n) is 4.01. The van der Waals surface area contributed by atoms with Gasteiger partial charge in [-0.15, -0.1) is 0 Å². The molecule has 0 atom stereocenters. The van der Waals surface area contributed by atoms with Crippen LogP contribution in [0.3, 0.4) is 0 Å². The number of hydrogen-bond acceptors (Lipinski definition) is 3. The maximum atomic E-state index is 9.77. The van der Waals surface area contributed by atoms with Gasteiger partial charge in [0.2, 0.25) is 0 Å². The number of phenolic OH excluding ortho intramolecular Hbond substituents is 3. The number of hydrogen-bond donors (Lipinski definition) is 3. The van der Waals surface area contributed by atoms with Gasteiger partial charge >= 0.3 is 0 Å². The van der Waals surface area contributed by atoms with Gasteiger partial charge in [0.25, 0.3) is 0 Å². The highest BCUT2D eigenvalue weighted by Gasteiger charge is 2.17. The van der Waals surface area contributed by atoms with E-state index in [9.17, 15) is 15.3 Å². The van der Waals surface area contributed by atoms with Crippen molar-refractivity contribution in [2.75, 3.05) is 0 Å². The second-order valence-electron chi connectivity index (χ2n) is 5.66. The Labute approximate surface area is 135 Å². The normalized spacial score (nSPS) is 10.9. The fourth-order valence-electron chi connectivity index (χ4n) is 2.77. The van der Waals surface area contributed by atoms with Gasteiger partial charge in [0.05, 0.1) is 0 Å². The molecule has 3 rings (SSSR count). The molecule has 3 aromatic rings. The minimum atomic E-state index is -0.0458. The summed E-state index contributed by atoms with van der Waals surface area (Å²) in [5.41, 5.74) is 3.90. The molecule has 0 radical (unpaired) electrons. The molecule has 3 nitrogen and oxygen atoms in total. The van der Waals surface area contributed by atoms with Gasteiger partial charge in [0, 0.05) is 5.92 Å². The fraction of sp³-hybridized carbons (Fsp3) is 0.100. The maximum absolute atomic E-state index is 9.77. The Morgan fingerprint density at radius 3 is 1.48 bits per heavy atom. The number of aromatic hydroxyl groups is 3. The summed E-state index contributed by atoms with van der Waals surface area (Å²) in [4.78, 5) is 0. The molecule has 0 amide bonds. The van der Waals surface area contributed by atoms with Gasteiger partial charge < -0.3 is 15.3 Å². The minimum Gasteiger partial charge on any atom is -0.508 e. The third-order valence-corrected chi connectivity index (χ3v) is 4.01. The molecule has 0 fully saturated rings. The maximum Gasteiger partial charge on any atom is 0.118 e. The summed E-state index contributed by atoms with van der Waals surface area (Å²) in [6.07, 6.45) is 0. The Kier molecular flexibility index (Phi) is 3.94. The van der Waals surface area contributed by atoms with Crippen LogP contribution in [0.4, 0.5) is 0 Å². The SMILES string of the molecule is Cc1cc(C(c2ccc(O)cc2)c2ccc(O)cc2)ccc1O. The molecule has 0 heterocycles. The molecular formula is C20H18O3. The van der Waals surface area contributed by atoms with Crippen molar-refractivity contribution in [2.24, 2.45) is 0 Å². The van der Waals surface area contributed by atoms with Crippen molar-refractivity contribution in [3.05, 3.63) is 89.0 Å². The minimum absolute atomic E-state index is 0.0458. The Hall–Kier alpha value is -2.94. The second kappa shape index (κ2) is 6.05. The Morgan fingerprint density at radius 2 is 1.04 bits per heavy atom. The van der Waals surface area contributed by atoms with Crippen LogP contribution in [-0.2, 0) is 0 Å². The molecule has 3 aromatic carbocycles. The Balaban J connectivity index is 2.14. The highest BCUT2D eigenvalue weighted by molar-refractivity contribution is 5.48. The number of aryl methyl sites for hydroxylation is 1. The zero-order valence-electron chi connectivity index (χ0n) is 12.8. The van der Waals surface area contributed by atoms with Crippen LogP contribution in [0.25, 0.3) is 0 Å². The number of rotatable bonds is 3. The first-order chi connectivity index (χ1) is 11.0. The summed E-state index contributed by atoms with van der Waals surface area (Å²) in [5, 5.41) is 28.8. The van der Waals surface area contributed by atoms with E-state index in [-0.39, 0.29) is 23.2 Å². The second-order valence-corrected chi connectivity index (χ2v) is 5.66. The van der Waals surface area contributed by atoms with E-state index >= 15 is 0 Å². The molecule has 23 heavy (non-hydrogen) atoms. The first-order valence-electron chi connectivity index (χ1n) is 7.42. The van der Waals surface area contributed by atoms with Crippen LogP contribution in [-0.4, -0.2) is 15.3 Å². The summed E-state index contributed by atoms with van der Waals surface area (Å²) in [6.45, 7) is 1.86. The van der Waals surface area contributed by atoms with Crippen molar-refractivity contribution in [1.82, 2.24) is 0 Å². The molecule has 0 saturated heterocycles. The number of benzene rings is 3. The lowest BCUT2D eigenvalue weighted by Gasteiger charge is -2.20. The summed E-state index contributed by atoms with van der Waals surface area (Å²) in [6, 6.07) is 19.7. The van der Waals surface area contributed by atoms with Crippen LogP contribution in [0, 0.1) is 6.92 Å². The van der Waals surface area contributed by atoms with Crippen molar-refractivity contribution in [1.29, 1.82) is 0 Å². The predicted octanol–water partition coefficient (Wildman–Crippen LogP) is 4.29. The fourth-order valence-corrected chi connectivity index (χ4v) is 2.77. The highest BCUT2D eigenvalue weighted by atomic mass is 16.3. The molecule has 0 aliphatic heterocycles. The lowest BCUT2D eigenvalue weighted by molar-refractivity contribution is 0.471.